The minimum atomic E-state index is -4.40. The quantitative estimate of drug-likeness (QED) is 0.443. The highest BCUT2D eigenvalue weighted by Gasteiger charge is 2.30. The Labute approximate surface area is 159 Å². The van der Waals surface area contributed by atoms with Crippen molar-refractivity contribution in [2.75, 3.05) is 18.4 Å². The molecule has 0 aliphatic carbocycles. The van der Waals surface area contributed by atoms with Crippen LogP contribution in [0, 0.1) is 4.77 Å². The van der Waals surface area contributed by atoms with Crippen molar-refractivity contribution in [3.05, 3.63) is 34.5 Å². The number of hydrogen-bond acceptors (Lipinski definition) is 5. The molecular formula is C16H21F3N6OS. The van der Waals surface area contributed by atoms with Gasteiger partial charge in [-0.2, -0.15) is 18.3 Å². The average molecular weight is 402 g/mol. The fourth-order valence-corrected chi connectivity index (χ4v) is 2.54. The van der Waals surface area contributed by atoms with Gasteiger partial charge in [0.15, 0.2) is 4.77 Å². The Morgan fingerprint density at radius 3 is 2.74 bits per heavy atom. The lowest BCUT2D eigenvalue weighted by molar-refractivity contribution is -0.137. The molecule has 0 unspecified atom stereocenters. The van der Waals surface area contributed by atoms with E-state index in [1.165, 1.54) is 6.07 Å². The van der Waals surface area contributed by atoms with Crippen LogP contribution in [0.4, 0.5) is 19.0 Å². The largest absolute Gasteiger partial charge is 0.417 e. The van der Waals surface area contributed by atoms with E-state index in [0.717, 1.165) is 30.9 Å². The molecule has 2 aromatic rings. The number of aromatic nitrogens is 4. The van der Waals surface area contributed by atoms with E-state index in [9.17, 15) is 18.0 Å². The van der Waals surface area contributed by atoms with Gasteiger partial charge in [-0.05, 0) is 37.2 Å². The van der Waals surface area contributed by atoms with E-state index >= 15 is 0 Å². The second-order valence-corrected chi connectivity index (χ2v) is 6.23. The number of nitrogens with one attached hydrogen (secondary N) is 3. The first-order chi connectivity index (χ1) is 12.8. The number of nitrogens with zero attached hydrogens (tertiary/aromatic N) is 3. The first kappa shape index (κ1) is 20.9. The van der Waals surface area contributed by atoms with Gasteiger partial charge in [-0.25, -0.2) is 4.98 Å². The maximum Gasteiger partial charge on any atom is 0.417 e. The molecule has 0 aromatic carbocycles. The van der Waals surface area contributed by atoms with Gasteiger partial charge in [0.05, 0.1) is 5.56 Å². The summed E-state index contributed by atoms with van der Waals surface area (Å²) in [6.07, 6.45) is -1.40. The lowest BCUT2D eigenvalue weighted by atomic mass is 10.3. The van der Waals surface area contributed by atoms with Gasteiger partial charge in [-0.15, -0.1) is 0 Å². The summed E-state index contributed by atoms with van der Waals surface area (Å²) in [6, 6.07) is 2.25. The smallest absolute Gasteiger partial charge is 0.370 e. The molecule has 0 aliphatic rings. The Hall–Kier alpha value is -2.43. The number of alkyl halides is 3. The van der Waals surface area contributed by atoms with Crippen LogP contribution in [0.5, 0.6) is 0 Å². The van der Waals surface area contributed by atoms with Crippen LogP contribution < -0.4 is 10.6 Å². The molecule has 0 spiro atoms. The normalized spacial score (nSPS) is 11.4. The molecule has 1 amide bonds. The zero-order valence-corrected chi connectivity index (χ0v) is 15.6. The van der Waals surface area contributed by atoms with Crippen molar-refractivity contribution in [3.63, 3.8) is 0 Å². The number of H-pyrrole nitrogens is 1. The van der Waals surface area contributed by atoms with Gasteiger partial charge in [0.25, 0.3) is 0 Å². The minimum absolute atomic E-state index is 0.0958. The van der Waals surface area contributed by atoms with Crippen LogP contribution in [-0.2, 0) is 23.9 Å². The second-order valence-electron chi connectivity index (χ2n) is 5.84. The fourth-order valence-electron chi connectivity index (χ4n) is 2.33. The lowest BCUT2D eigenvalue weighted by Gasteiger charge is -2.10. The number of rotatable bonds is 9. The molecule has 7 nitrogen and oxygen atoms in total. The zero-order chi connectivity index (χ0) is 19.9. The van der Waals surface area contributed by atoms with Gasteiger partial charge in [0.2, 0.25) is 5.91 Å². The van der Waals surface area contributed by atoms with Gasteiger partial charge in [-0.1, -0.05) is 6.92 Å². The molecule has 0 bridgehead atoms. The Kier molecular flexibility index (Phi) is 7.34. The van der Waals surface area contributed by atoms with E-state index in [2.05, 4.69) is 25.8 Å². The van der Waals surface area contributed by atoms with E-state index < -0.39 is 11.7 Å². The maximum atomic E-state index is 12.5. The number of amides is 1. The van der Waals surface area contributed by atoms with Crippen molar-refractivity contribution in [1.29, 1.82) is 0 Å². The summed E-state index contributed by atoms with van der Waals surface area (Å²) in [5, 5.41) is 12.5. The van der Waals surface area contributed by atoms with Crippen molar-refractivity contribution in [2.24, 2.45) is 0 Å². The van der Waals surface area contributed by atoms with Crippen molar-refractivity contribution < 1.29 is 18.0 Å². The van der Waals surface area contributed by atoms with Crippen LogP contribution in [0.1, 0.15) is 31.2 Å². The van der Waals surface area contributed by atoms with Crippen molar-refractivity contribution >= 4 is 23.9 Å². The van der Waals surface area contributed by atoms with E-state index in [0.29, 0.717) is 30.1 Å². The molecule has 0 aliphatic heterocycles. The molecule has 2 heterocycles. The predicted molar refractivity (Wildman–Crippen MR) is 96.8 cm³/mol. The highest BCUT2D eigenvalue weighted by atomic mass is 32.1. The molecule has 0 radical (unpaired) electrons. The number of aryl methyl sites for hydroxylation is 1. The Bertz CT molecular complexity index is 800. The van der Waals surface area contributed by atoms with E-state index in [-0.39, 0.29) is 12.5 Å². The summed E-state index contributed by atoms with van der Waals surface area (Å²) in [5.74, 6) is 0.911. The highest BCUT2D eigenvalue weighted by molar-refractivity contribution is 7.71. The first-order valence-corrected chi connectivity index (χ1v) is 8.90. The Morgan fingerprint density at radius 1 is 1.33 bits per heavy atom. The van der Waals surface area contributed by atoms with Crippen LogP contribution in [0.3, 0.4) is 0 Å². The number of hydrogen-bond donors (Lipinski definition) is 3. The monoisotopic (exact) mass is 402 g/mol. The number of anilines is 1. The number of pyridine rings is 1. The van der Waals surface area contributed by atoms with E-state index in [1.807, 2.05) is 6.92 Å². The van der Waals surface area contributed by atoms with E-state index in [4.69, 9.17) is 12.2 Å². The maximum absolute atomic E-state index is 12.5. The fraction of sp³-hybridized carbons (Fsp3) is 0.500. The molecule has 11 heteroatoms. The third kappa shape index (κ3) is 6.35. The summed E-state index contributed by atoms with van der Waals surface area (Å²) >= 11 is 5.12. The summed E-state index contributed by atoms with van der Waals surface area (Å²) in [5.41, 5.74) is -0.791. The Morgan fingerprint density at radius 2 is 2.11 bits per heavy atom. The Balaban J connectivity index is 1.70. The number of carbonyl (C=O) groups excluding carboxylic acids is 1. The van der Waals surface area contributed by atoms with Crippen molar-refractivity contribution in [1.82, 2.24) is 25.1 Å². The molecule has 3 N–H and O–H groups in total. The van der Waals surface area contributed by atoms with Gasteiger partial charge < -0.3 is 10.6 Å². The standard InChI is InChI=1S/C16H21F3N6OS/c1-2-4-13-23-24-15(27)25(13)10-14(26)21-8-3-7-20-12-6-5-11(9-22-12)16(17,18)19/h5-6,9H,2-4,7-8,10H2,1H3,(H,20,22)(H,21,26)(H,24,27). The second kappa shape index (κ2) is 9.49. The highest BCUT2D eigenvalue weighted by Crippen LogP contribution is 2.28. The van der Waals surface area contributed by atoms with Crippen LogP contribution in [0.15, 0.2) is 18.3 Å². The van der Waals surface area contributed by atoms with Crippen LogP contribution in [0.25, 0.3) is 0 Å². The summed E-state index contributed by atoms with van der Waals surface area (Å²) < 4.78 is 39.5. The third-order valence-corrected chi connectivity index (χ3v) is 4.00. The number of halogens is 3. The molecule has 0 saturated carbocycles. The SMILES string of the molecule is CCCc1n[nH]c(=S)n1CC(=O)NCCCNc1ccc(C(F)(F)F)cn1. The topological polar surface area (TPSA) is 87.6 Å². The van der Waals surface area contributed by atoms with Crippen molar-refractivity contribution in [2.45, 2.75) is 38.9 Å². The number of aromatic amines is 1. The first-order valence-electron chi connectivity index (χ1n) is 8.49. The summed E-state index contributed by atoms with van der Waals surface area (Å²) in [4.78, 5) is 15.7. The molecule has 148 valence electrons. The minimum Gasteiger partial charge on any atom is -0.370 e. The van der Waals surface area contributed by atoms with E-state index in [1.54, 1.807) is 4.57 Å². The molecular weight excluding hydrogens is 381 g/mol. The van der Waals surface area contributed by atoms with Crippen LogP contribution >= 0.6 is 12.2 Å². The van der Waals surface area contributed by atoms with Gasteiger partial charge in [0.1, 0.15) is 18.2 Å². The van der Waals surface area contributed by atoms with Gasteiger partial charge >= 0.3 is 6.18 Å². The number of carbonyl (C=O) groups is 1. The molecule has 0 fully saturated rings. The predicted octanol–water partition coefficient (Wildman–Crippen LogP) is 2.93. The zero-order valence-electron chi connectivity index (χ0n) is 14.8. The summed E-state index contributed by atoms with van der Waals surface area (Å²) in [6.45, 7) is 2.99. The van der Waals surface area contributed by atoms with Crippen LogP contribution in [0.2, 0.25) is 0 Å². The molecule has 0 atom stereocenters. The summed E-state index contributed by atoms with van der Waals surface area (Å²) in [7, 11) is 0. The molecule has 0 saturated heterocycles. The van der Waals surface area contributed by atoms with Crippen LogP contribution in [-0.4, -0.2) is 38.7 Å². The van der Waals surface area contributed by atoms with Crippen molar-refractivity contribution in [3.8, 4) is 0 Å². The molecule has 2 rings (SSSR count). The average Bonchev–Trinajstić information content (AvgIpc) is 2.95. The van der Waals surface area contributed by atoms with Gasteiger partial charge in [0, 0.05) is 25.7 Å². The molecule has 27 heavy (non-hydrogen) atoms. The third-order valence-electron chi connectivity index (χ3n) is 3.69. The van der Waals surface area contributed by atoms with Gasteiger partial charge in [-0.3, -0.25) is 14.5 Å². The lowest BCUT2D eigenvalue weighted by Crippen LogP contribution is -2.30. The molecule has 2 aromatic heterocycles.